The number of nitrogens with one attached hydrogen (secondary N) is 1. The molecule has 1 unspecified atom stereocenters. The van der Waals surface area contributed by atoms with Crippen molar-refractivity contribution in [1.82, 2.24) is 5.32 Å². The topological polar surface area (TPSA) is 41.5 Å². The Bertz CT molecular complexity index is 377. The van der Waals surface area contributed by atoms with Crippen molar-refractivity contribution in [3.8, 4) is 5.75 Å². The van der Waals surface area contributed by atoms with Crippen LogP contribution < -0.4 is 10.1 Å². The van der Waals surface area contributed by atoms with Gasteiger partial charge in [-0.25, -0.2) is 0 Å². The van der Waals surface area contributed by atoms with Crippen molar-refractivity contribution in [3.05, 3.63) is 29.8 Å². The fourth-order valence-corrected chi connectivity index (χ4v) is 1.98. The van der Waals surface area contributed by atoms with Gasteiger partial charge in [-0.2, -0.15) is 0 Å². The molecule has 0 saturated carbocycles. The Morgan fingerprint density at radius 1 is 1.37 bits per heavy atom. The number of aliphatic hydroxyl groups excluding tert-OH is 1. The first kappa shape index (κ1) is 16.0. The van der Waals surface area contributed by atoms with Crippen LogP contribution in [0, 0.1) is 5.41 Å². The van der Waals surface area contributed by atoms with Crippen LogP contribution >= 0.6 is 0 Å². The summed E-state index contributed by atoms with van der Waals surface area (Å²) in [5.41, 5.74) is 1.34. The maximum Gasteiger partial charge on any atom is 0.119 e. The second-order valence-corrected chi connectivity index (χ2v) is 5.75. The van der Waals surface area contributed by atoms with Crippen molar-refractivity contribution < 1.29 is 9.84 Å². The summed E-state index contributed by atoms with van der Waals surface area (Å²) in [5, 5.41) is 12.6. The summed E-state index contributed by atoms with van der Waals surface area (Å²) in [6, 6.07) is 8.48. The van der Waals surface area contributed by atoms with E-state index in [1.54, 1.807) is 0 Å². The molecule has 0 bridgehead atoms. The molecule has 0 aliphatic heterocycles. The molecule has 0 heterocycles. The monoisotopic (exact) mass is 265 g/mol. The molecule has 19 heavy (non-hydrogen) atoms. The van der Waals surface area contributed by atoms with Crippen LogP contribution in [0.5, 0.6) is 5.75 Å². The molecule has 0 radical (unpaired) electrons. The van der Waals surface area contributed by atoms with Gasteiger partial charge in [-0.05, 0) is 43.4 Å². The first-order valence-electron chi connectivity index (χ1n) is 7.05. The summed E-state index contributed by atoms with van der Waals surface area (Å²) in [6.07, 6.45) is 0.811. The van der Waals surface area contributed by atoms with Crippen LogP contribution in [0.1, 0.15) is 45.7 Å². The van der Waals surface area contributed by atoms with Gasteiger partial charge in [0, 0.05) is 19.2 Å². The van der Waals surface area contributed by atoms with Crippen LogP contribution in [-0.2, 0) is 0 Å². The highest BCUT2D eigenvalue weighted by Gasteiger charge is 2.18. The summed E-state index contributed by atoms with van der Waals surface area (Å²) >= 11 is 0. The minimum atomic E-state index is 0.112. The highest BCUT2D eigenvalue weighted by Crippen LogP contribution is 2.22. The Hall–Kier alpha value is -1.06. The lowest BCUT2D eigenvalue weighted by Gasteiger charge is -2.26. The molecule has 1 atom stereocenters. The fraction of sp³-hybridized carbons (Fsp3) is 0.625. The van der Waals surface area contributed by atoms with Crippen molar-refractivity contribution >= 4 is 0 Å². The molecule has 0 saturated heterocycles. The predicted octanol–water partition coefficient (Wildman–Crippen LogP) is 3.14. The minimum Gasteiger partial charge on any atom is -0.494 e. The van der Waals surface area contributed by atoms with E-state index >= 15 is 0 Å². The first-order valence-corrected chi connectivity index (χ1v) is 7.05. The molecule has 0 aromatic heterocycles. The molecule has 0 aliphatic rings. The zero-order chi connectivity index (χ0) is 14.3. The number of rotatable bonds is 8. The molecule has 108 valence electrons. The Kier molecular flexibility index (Phi) is 6.32. The second-order valence-electron chi connectivity index (χ2n) is 5.75. The fourth-order valence-electron chi connectivity index (χ4n) is 1.98. The number of hydrogen-bond acceptors (Lipinski definition) is 3. The molecule has 2 N–H and O–H groups in total. The smallest absolute Gasteiger partial charge is 0.119 e. The summed E-state index contributed by atoms with van der Waals surface area (Å²) < 4.78 is 5.52. The molecular weight excluding hydrogens is 238 g/mol. The largest absolute Gasteiger partial charge is 0.494 e. The molecular formula is C16H27NO2. The lowest BCUT2D eigenvalue weighted by atomic mass is 9.89. The van der Waals surface area contributed by atoms with Crippen molar-refractivity contribution in [1.29, 1.82) is 0 Å². The number of ether oxygens (including phenoxy) is 1. The van der Waals surface area contributed by atoms with E-state index in [1.165, 1.54) is 5.56 Å². The summed E-state index contributed by atoms with van der Waals surface area (Å²) in [6.45, 7) is 10.3. The molecule has 0 aliphatic carbocycles. The summed E-state index contributed by atoms with van der Waals surface area (Å²) in [7, 11) is 0. The van der Waals surface area contributed by atoms with Gasteiger partial charge in [0.2, 0.25) is 0 Å². The maximum atomic E-state index is 9.04. The SMILES string of the molecule is CCOc1cccc(C(C)NCC(C)(C)CCO)c1. The van der Waals surface area contributed by atoms with Crippen LogP contribution in [0.2, 0.25) is 0 Å². The third-order valence-electron chi connectivity index (χ3n) is 3.34. The van der Waals surface area contributed by atoms with Crippen LogP contribution in [0.4, 0.5) is 0 Å². The molecule has 3 nitrogen and oxygen atoms in total. The van der Waals surface area contributed by atoms with E-state index in [0.717, 1.165) is 18.7 Å². The Morgan fingerprint density at radius 2 is 2.11 bits per heavy atom. The number of hydrogen-bond donors (Lipinski definition) is 2. The van der Waals surface area contributed by atoms with Gasteiger partial charge >= 0.3 is 0 Å². The lowest BCUT2D eigenvalue weighted by molar-refractivity contribution is 0.203. The van der Waals surface area contributed by atoms with E-state index in [4.69, 9.17) is 9.84 Å². The average molecular weight is 265 g/mol. The van der Waals surface area contributed by atoms with Gasteiger partial charge in [0.25, 0.3) is 0 Å². The molecule has 1 aromatic rings. The van der Waals surface area contributed by atoms with E-state index in [1.807, 2.05) is 19.1 Å². The van der Waals surface area contributed by atoms with Gasteiger partial charge in [0.05, 0.1) is 6.61 Å². The van der Waals surface area contributed by atoms with Crippen LogP contribution in [-0.4, -0.2) is 24.9 Å². The van der Waals surface area contributed by atoms with Crippen LogP contribution in [0.25, 0.3) is 0 Å². The molecule has 1 rings (SSSR count). The standard InChI is InChI=1S/C16H27NO2/c1-5-19-15-8-6-7-14(11-15)13(2)17-12-16(3,4)9-10-18/h6-8,11,13,17-18H,5,9-10,12H2,1-4H3. The van der Waals surface area contributed by atoms with Crippen molar-refractivity contribution in [3.63, 3.8) is 0 Å². The van der Waals surface area contributed by atoms with E-state index in [9.17, 15) is 0 Å². The predicted molar refractivity (Wildman–Crippen MR) is 79.5 cm³/mol. The Morgan fingerprint density at radius 3 is 2.74 bits per heavy atom. The summed E-state index contributed by atoms with van der Waals surface area (Å²) in [4.78, 5) is 0. The van der Waals surface area contributed by atoms with Crippen LogP contribution in [0.15, 0.2) is 24.3 Å². The normalized spacial score (nSPS) is 13.3. The van der Waals surface area contributed by atoms with Gasteiger partial charge in [-0.1, -0.05) is 26.0 Å². The van der Waals surface area contributed by atoms with Crippen molar-refractivity contribution in [2.75, 3.05) is 19.8 Å². The molecule has 3 heteroatoms. The number of aliphatic hydroxyl groups is 1. The third-order valence-corrected chi connectivity index (χ3v) is 3.34. The molecule has 0 fully saturated rings. The summed E-state index contributed by atoms with van der Waals surface area (Å²) in [5.74, 6) is 0.920. The quantitative estimate of drug-likeness (QED) is 0.758. The zero-order valence-corrected chi connectivity index (χ0v) is 12.6. The lowest BCUT2D eigenvalue weighted by Crippen LogP contribution is -2.32. The molecule has 1 aromatic carbocycles. The maximum absolute atomic E-state index is 9.04. The van der Waals surface area contributed by atoms with Crippen LogP contribution in [0.3, 0.4) is 0 Å². The van der Waals surface area contributed by atoms with Gasteiger partial charge in [0.1, 0.15) is 5.75 Å². The van der Waals surface area contributed by atoms with Gasteiger partial charge in [0.15, 0.2) is 0 Å². The number of benzene rings is 1. The minimum absolute atomic E-state index is 0.112. The van der Waals surface area contributed by atoms with E-state index < -0.39 is 0 Å². The third kappa shape index (κ3) is 5.62. The first-order chi connectivity index (χ1) is 8.98. The molecule has 0 spiro atoms. The van der Waals surface area contributed by atoms with Gasteiger partial charge < -0.3 is 15.2 Å². The van der Waals surface area contributed by atoms with Gasteiger partial charge in [-0.3, -0.25) is 0 Å². The zero-order valence-electron chi connectivity index (χ0n) is 12.6. The van der Waals surface area contributed by atoms with Crippen molar-refractivity contribution in [2.45, 2.75) is 40.2 Å². The highest BCUT2D eigenvalue weighted by atomic mass is 16.5. The van der Waals surface area contributed by atoms with E-state index in [-0.39, 0.29) is 18.1 Å². The van der Waals surface area contributed by atoms with Crippen molar-refractivity contribution in [2.24, 2.45) is 5.41 Å². The Balaban J connectivity index is 2.57. The molecule has 0 amide bonds. The second kappa shape index (κ2) is 7.51. The highest BCUT2D eigenvalue weighted by molar-refractivity contribution is 5.30. The van der Waals surface area contributed by atoms with Gasteiger partial charge in [-0.15, -0.1) is 0 Å². The van der Waals surface area contributed by atoms with E-state index in [0.29, 0.717) is 6.61 Å². The average Bonchev–Trinajstić information content (AvgIpc) is 2.37. The Labute approximate surface area is 117 Å². The van der Waals surface area contributed by atoms with E-state index in [2.05, 4.69) is 38.2 Å².